The molecule has 0 aliphatic heterocycles. The summed E-state index contributed by atoms with van der Waals surface area (Å²) in [7, 11) is 0. The van der Waals surface area contributed by atoms with Crippen molar-refractivity contribution in [2.75, 3.05) is 11.1 Å². The molecule has 37 heavy (non-hydrogen) atoms. The van der Waals surface area contributed by atoms with Gasteiger partial charge in [0.2, 0.25) is 11.8 Å². The molecule has 0 bridgehead atoms. The zero-order chi connectivity index (χ0) is 25.5. The summed E-state index contributed by atoms with van der Waals surface area (Å²) in [6, 6.07) is 6.52. The molecule has 12 nitrogen and oxygen atoms in total. The first-order valence-corrected chi connectivity index (χ1v) is 11.5. The van der Waals surface area contributed by atoms with Crippen LogP contribution in [-0.4, -0.2) is 45.7 Å². The van der Waals surface area contributed by atoms with Crippen LogP contribution < -0.4 is 27.4 Å². The van der Waals surface area contributed by atoms with Crippen LogP contribution in [0.15, 0.2) is 52.6 Å². The van der Waals surface area contributed by atoms with E-state index in [-0.39, 0.29) is 29.4 Å². The lowest BCUT2D eigenvalue weighted by Crippen LogP contribution is -2.20. The molecule has 5 aromatic rings. The lowest BCUT2D eigenvalue weighted by Gasteiger charge is -2.12. The van der Waals surface area contributed by atoms with Gasteiger partial charge in [0.1, 0.15) is 17.3 Å². The van der Waals surface area contributed by atoms with Gasteiger partial charge in [0.15, 0.2) is 11.1 Å². The number of rotatable bonds is 6. The fourth-order valence-corrected chi connectivity index (χ4v) is 3.92. The fourth-order valence-electron chi connectivity index (χ4n) is 3.92. The minimum atomic E-state index is -0.526. The second-order valence-electron chi connectivity index (χ2n) is 8.67. The molecule has 4 aromatic heterocycles. The van der Waals surface area contributed by atoms with E-state index < -0.39 is 5.69 Å². The number of nitrogens with two attached hydrogens (primary N) is 1. The molecule has 0 unspecified atom stereocenters. The summed E-state index contributed by atoms with van der Waals surface area (Å²) in [6.45, 7) is 0.325. The number of hydrogen-bond donors (Lipinski definition) is 5. The fraction of sp³-hybridized carbons (Fsp3) is 0.167. The summed E-state index contributed by atoms with van der Waals surface area (Å²) >= 11 is 0. The van der Waals surface area contributed by atoms with Crippen molar-refractivity contribution in [2.24, 2.45) is 4.99 Å². The van der Waals surface area contributed by atoms with Crippen molar-refractivity contribution < 1.29 is 9.50 Å². The molecule has 1 aromatic carbocycles. The van der Waals surface area contributed by atoms with Gasteiger partial charge in [-0.3, -0.25) is 9.98 Å². The van der Waals surface area contributed by atoms with Crippen molar-refractivity contribution in [2.45, 2.75) is 25.4 Å². The maximum absolute atomic E-state index is 14.1. The smallest absolute Gasteiger partial charge is 0.326 e. The number of nitrogens with zero attached hydrogens (tertiary/aromatic N) is 6. The maximum atomic E-state index is 14.1. The third kappa shape index (κ3) is 4.61. The Balaban J connectivity index is 1.40. The van der Waals surface area contributed by atoms with Crippen molar-refractivity contribution in [3.8, 4) is 17.0 Å². The Morgan fingerprint density at radius 1 is 1.22 bits per heavy atom. The van der Waals surface area contributed by atoms with E-state index in [1.165, 1.54) is 12.1 Å². The normalized spacial score (nSPS) is 14.5. The summed E-state index contributed by atoms with van der Waals surface area (Å²) in [5.74, 6) is -0.00414. The first kappa shape index (κ1) is 22.4. The van der Waals surface area contributed by atoms with Gasteiger partial charge < -0.3 is 21.1 Å². The van der Waals surface area contributed by atoms with Gasteiger partial charge >= 0.3 is 5.69 Å². The minimum Gasteiger partial charge on any atom is -0.493 e. The summed E-state index contributed by atoms with van der Waals surface area (Å²) in [4.78, 5) is 33.8. The highest BCUT2D eigenvalue weighted by molar-refractivity contribution is 5.67. The van der Waals surface area contributed by atoms with Gasteiger partial charge in [0.05, 0.1) is 12.2 Å². The molecule has 13 heteroatoms. The van der Waals surface area contributed by atoms with Crippen LogP contribution >= 0.6 is 0 Å². The van der Waals surface area contributed by atoms with E-state index in [1.807, 2.05) is 0 Å². The van der Waals surface area contributed by atoms with Crippen LogP contribution in [0.4, 0.5) is 16.2 Å². The Hall–Kier alpha value is -5.07. The zero-order valence-corrected chi connectivity index (χ0v) is 19.3. The highest BCUT2D eigenvalue weighted by Crippen LogP contribution is 2.25. The number of hydrogen-bond acceptors (Lipinski definition) is 9. The number of anilines is 2. The number of benzene rings is 1. The van der Waals surface area contributed by atoms with Crippen LogP contribution in [0.1, 0.15) is 24.1 Å². The second-order valence-corrected chi connectivity index (χ2v) is 8.67. The molecule has 0 spiro atoms. The monoisotopic (exact) mass is 500 g/mol. The number of imidazole rings is 1. The Kier molecular flexibility index (Phi) is 5.36. The van der Waals surface area contributed by atoms with Crippen molar-refractivity contribution in [1.29, 1.82) is 0 Å². The van der Waals surface area contributed by atoms with E-state index in [1.54, 1.807) is 41.3 Å². The van der Waals surface area contributed by atoms with Gasteiger partial charge in [-0.1, -0.05) is 6.07 Å². The molecule has 1 saturated carbocycles. The average molecular weight is 500 g/mol. The Labute approximate surface area is 207 Å². The predicted octanol–water partition coefficient (Wildman–Crippen LogP) is 0.852. The third-order valence-corrected chi connectivity index (χ3v) is 5.89. The molecule has 186 valence electrons. The molecule has 0 radical (unpaired) electrons. The van der Waals surface area contributed by atoms with Crippen molar-refractivity contribution in [1.82, 2.24) is 34.5 Å². The van der Waals surface area contributed by atoms with Crippen molar-refractivity contribution in [3.63, 3.8) is 0 Å². The quantitative estimate of drug-likeness (QED) is 0.228. The maximum Gasteiger partial charge on any atom is 0.326 e. The van der Waals surface area contributed by atoms with Crippen LogP contribution in [0.2, 0.25) is 0 Å². The van der Waals surface area contributed by atoms with Crippen LogP contribution in [0.5, 0.6) is 5.88 Å². The number of fused-ring (bicyclic) bond motifs is 1. The van der Waals surface area contributed by atoms with Gasteiger partial charge in [-0.2, -0.15) is 9.61 Å². The molecule has 4 heterocycles. The number of nitrogen functional groups attached to an aromatic ring is 1. The highest BCUT2D eigenvalue weighted by atomic mass is 19.1. The van der Waals surface area contributed by atoms with Crippen LogP contribution in [0.3, 0.4) is 0 Å². The Bertz CT molecular complexity index is 1800. The van der Waals surface area contributed by atoms with Crippen molar-refractivity contribution >= 4 is 23.5 Å². The highest BCUT2D eigenvalue weighted by Gasteiger charge is 2.20. The number of aromatic hydroxyl groups is 1. The van der Waals surface area contributed by atoms with Crippen LogP contribution in [0, 0.1) is 5.82 Å². The Morgan fingerprint density at radius 3 is 2.76 bits per heavy atom. The van der Waals surface area contributed by atoms with E-state index in [0.717, 1.165) is 18.4 Å². The first-order valence-electron chi connectivity index (χ1n) is 11.5. The molecule has 1 aliphatic carbocycles. The number of H-pyrrole nitrogens is 2. The first-order chi connectivity index (χ1) is 17.9. The van der Waals surface area contributed by atoms with E-state index in [0.29, 0.717) is 39.8 Å². The summed E-state index contributed by atoms with van der Waals surface area (Å²) in [6.07, 6.45) is 8.27. The molecule has 0 saturated heterocycles. The molecule has 0 amide bonds. The number of halogens is 1. The van der Waals surface area contributed by atoms with Crippen molar-refractivity contribution in [3.05, 3.63) is 81.1 Å². The van der Waals surface area contributed by atoms with E-state index >= 15 is 0 Å². The zero-order valence-electron chi connectivity index (χ0n) is 19.3. The number of aromatic amines is 2. The van der Waals surface area contributed by atoms with Gasteiger partial charge in [-0.25, -0.2) is 24.1 Å². The molecular weight excluding hydrogens is 479 g/mol. The van der Waals surface area contributed by atoms with E-state index in [2.05, 4.69) is 30.4 Å². The minimum absolute atomic E-state index is 0.134. The Morgan fingerprint density at radius 2 is 2.03 bits per heavy atom. The molecular formula is C24H21FN10O2. The van der Waals surface area contributed by atoms with Gasteiger partial charge in [-0.15, -0.1) is 0 Å². The second kappa shape index (κ2) is 8.86. The topological polar surface area (TPSA) is 175 Å². The number of aromatic nitrogens is 7. The predicted molar refractivity (Wildman–Crippen MR) is 133 cm³/mol. The summed E-state index contributed by atoms with van der Waals surface area (Å²) in [5, 5.41) is 18.2. The summed E-state index contributed by atoms with van der Waals surface area (Å²) in [5.41, 5.74) is 8.44. The molecule has 1 aliphatic rings. The van der Waals surface area contributed by atoms with E-state index in [9.17, 15) is 14.3 Å². The molecule has 6 N–H and O–H groups in total. The van der Waals surface area contributed by atoms with Crippen LogP contribution in [-0.2, 0) is 6.54 Å². The molecule has 6 rings (SSSR count). The third-order valence-electron chi connectivity index (χ3n) is 5.89. The average Bonchev–Trinajstić information content (AvgIpc) is 3.51. The molecule has 1 fully saturated rings. The lowest BCUT2D eigenvalue weighted by molar-refractivity contribution is 0.454. The van der Waals surface area contributed by atoms with Crippen LogP contribution in [0.25, 0.3) is 22.9 Å². The summed E-state index contributed by atoms with van der Waals surface area (Å²) < 4.78 is 15.7. The van der Waals surface area contributed by atoms with Gasteiger partial charge in [0, 0.05) is 35.8 Å². The SMILES string of the molecule is Nc1ncc(-c2cc(F)ccc2CNc2cc(=NC3CC3)n3ncc(=Cc4[nH]c(=O)[nH]c4O)c3n2)cn1. The largest absolute Gasteiger partial charge is 0.493 e. The lowest BCUT2D eigenvalue weighted by atomic mass is 10.0. The molecule has 0 atom stereocenters. The number of nitrogens with one attached hydrogen (secondary N) is 3. The van der Waals surface area contributed by atoms with E-state index in [4.69, 9.17) is 15.7 Å². The van der Waals surface area contributed by atoms with Gasteiger partial charge in [-0.05, 0) is 42.2 Å². The standard InChI is InChI=1S/C24H21FN10O2/c25-15-2-1-12(17(6-15)14-9-28-23(26)29-10-14)8-27-19-7-20(31-16-3-4-16)35-21(33-19)13(11-30-35)5-18-22(36)34-24(37)32-18/h1-2,5-7,9-11,16,27,36H,3-4,8H2,(H2,26,28,29)(H2,32,34,37). The van der Waals surface area contributed by atoms with Gasteiger partial charge in [0.25, 0.3) is 0 Å².